The van der Waals surface area contributed by atoms with Crippen LogP contribution in [-0.2, 0) is 14.9 Å². The topological polar surface area (TPSA) is 81.9 Å². The summed E-state index contributed by atoms with van der Waals surface area (Å²) >= 11 is 0. The van der Waals surface area contributed by atoms with E-state index in [4.69, 9.17) is 15.3 Å². The van der Waals surface area contributed by atoms with Crippen molar-refractivity contribution in [3.05, 3.63) is 24.3 Å². The molecule has 0 radical (unpaired) electrons. The zero-order chi connectivity index (χ0) is 13.7. The van der Waals surface area contributed by atoms with Gasteiger partial charge in [0.2, 0.25) is 10.0 Å². The van der Waals surface area contributed by atoms with Crippen molar-refractivity contribution in [3.8, 4) is 5.75 Å². The molecule has 106 valence electrons. The summed E-state index contributed by atoms with van der Waals surface area (Å²) in [6, 6.07) is 6.89. The molecule has 0 unspecified atom stereocenters. The van der Waals surface area contributed by atoms with E-state index in [-0.39, 0.29) is 12.4 Å². The molecular weight excluding hydrogens is 268 g/mol. The van der Waals surface area contributed by atoms with Crippen LogP contribution in [0.15, 0.2) is 24.3 Å². The quantitative estimate of drug-likeness (QED) is 0.817. The van der Waals surface area contributed by atoms with Gasteiger partial charge in [-0.15, -0.1) is 0 Å². The van der Waals surface area contributed by atoms with Gasteiger partial charge in [0.1, 0.15) is 18.1 Å². The number of nitrogen functional groups attached to an aromatic ring is 1. The minimum atomic E-state index is -3.41. The van der Waals surface area contributed by atoms with Crippen molar-refractivity contribution in [2.45, 2.75) is 12.8 Å². The SMILES string of the molecule is Nc1cccc(OCCS(=O)(=O)N2CCCCO2)c1. The van der Waals surface area contributed by atoms with E-state index < -0.39 is 10.0 Å². The molecule has 19 heavy (non-hydrogen) atoms. The molecule has 0 aromatic heterocycles. The van der Waals surface area contributed by atoms with E-state index in [1.54, 1.807) is 24.3 Å². The summed E-state index contributed by atoms with van der Waals surface area (Å²) in [6.45, 7) is 0.946. The molecule has 2 N–H and O–H groups in total. The van der Waals surface area contributed by atoms with Crippen molar-refractivity contribution in [3.63, 3.8) is 0 Å². The van der Waals surface area contributed by atoms with E-state index in [0.29, 0.717) is 24.6 Å². The molecule has 1 heterocycles. The number of nitrogens with two attached hydrogens (primary N) is 1. The smallest absolute Gasteiger partial charge is 0.239 e. The van der Waals surface area contributed by atoms with Crippen LogP contribution in [0.1, 0.15) is 12.8 Å². The molecule has 6 nitrogen and oxygen atoms in total. The van der Waals surface area contributed by atoms with E-state index in [1.165, 1.54) is 0 Å². The predicted molar refractivity (Wildman–Crippen MR) is 72.0 cm³/mol. The maximum Gasteiger partial charge on any atom is 0.239 e. The number of nitrogens with zero attached hydrogens (tertiary/aromatic N) is 1. The Kier molecular flexibility index (Phi) is 4.62. The van der Waals surface area contributed by atoms with Gasteiger partial charge in [-0.05, 0) is 25.0 Å². The molecule has 1 aromatic rings. The zero-order valence-corrected chi connectivity index (χ0v) is 11.4. The van der Waals surface area contributed by atoms with E-state index >= 15 is 0 Å². The van der Waals surface area contributed by atoms with Gasteiger partial charge in [0.15, 0.2) is 0 Å². The summed E-state index contributed by atoms with van der Waals surface area (Å²) < 4.78 is 30.3. The van der Waals surface area contributed by atoms with Crippen LogP contribution in [0.2, 0.25) is 0 Å². The molecule has 1 aromatic carbocycles. The van der Waals surface area contributed by atoms with Gasteiger partial charge in [-0.2, -0.15) is 0 Å². The molecule has 0 atom stereocenters. The predicted octanol–water partition coefficient (Wildman–Crippen LogP) is 1.00. The minimum Gasteiger partial charge on any atom is -0.492 e. The van der Waals surface area contributed by atoms with Gasteiger partial charge in [-0.1, -0.05) is 10.5 Å². The number of hydroxylamine groups is 1. The van der Waals surface area contributed by atoms with E-state index in [1.807, 2.05) is 0 Å². The Bertz CT molecular complexity index is 512. The van der Waals surface area contributed by atoms with Crippen molar-refractivity contribution >= 4 is 15.7 Å². The zero-order valence-electron chi connectivity index (χ0n) is 10.6. The molecule has 0 saturated carbocycles. The second-order valence-corrected chi connectivity index (χ2v) is 6.28. The van der Waals surface area contributed by atoms with Crippen LogP contribution in [0.3, 0.4) is 0 Å². The van der Waals surface area contributed by atoms with Crippen LogP contribution in [0, 0.1) is 0 Å². The highest BCUT2D eigenvalue weighted by Crippen LogP contribution is 2.15. The lowest BCUT2D eigenvalue weighted by Crippen LogP contribution is -2.38. The van der Waals surface area contributed by atoms with Crippen LogP contribution < -0.4 is 10.5 Å². The average molecular weight is 286 g/mol. The van der Waals surface area contributed by atoms with Crippen LogP contribution in [0.4, 0.5) is 5.69 Å². The molecule has 0 amide bonds. The molecule has 0 spiro atoms. The summed E-state index contributed by atoms with van der Waals surface area (Å²) in [5, 5.41) is 0. The largest absolute Gasteiger partial charge is 0.492 e. The number of hydrogen-bond acceptors (Lipinski definition) is 5. The van der Waals surface area contributed by atoms with Crippen LogP contribution in [-0.4, -0.2) is 38.4 Å². The van der Waals surface area contributed by atoms with Gasteiger partial charge in [0.05, 0.1) is 6.61 Å². The maximum atomic E-state index is 11.9. The number of benzene rings is 1. The highest BCUT2D eigenvalue weighted by Gasteiger charge is 2.25. The molecule has 1 fully saturated rings. The first-order valence-electron chi connectivity index (χ1n) is 6.19. The first-order valence-corrected chi connectivity index (χ1v) is 7.80. The van der Waals surface area contributed by atoms with Gasteiger partial charge in [-0.3, -0.25) is 4.84 Å². The van der Waals surface area contributed by atoms with E-state index in [0.717, 1.165) is 17.3 Å². The van der Waals surface area contributed by atoms with Crippen molar-refractivity contribution < 1.29 is 18.0 Å². The second kappa shape index (κ2) is 6.23. The lowest BCUT2D eigenvalue weighted by atomic mass is 10.3. The van der Waals surface area contributed by atoms with Gasteiger partial charge in [0.25, 0.3) is 0 Å². The molecule has 1 aliphatic heterocycles. The Balaban J connectivity index is 1.84. The Labute approximate surface area is 113 Å². The number of sulfonamides is 1. The fourth-order valence-electron chi connectivity index (χ4n) is 1.76. The molecule has 2 rings (SSSR count). The lowest BCUT2D eigenvalue weighted by Gasteiger charge is -2.25. The van der Waals surface area contributed by atoms with Gasteiger partial charge in [-0.25, -0.2) is 8.42 Å². The monoisotopic (exact) mass is 286 g/mol. The fraction of sp³-hybridized carbons (Fsp3) is 0.500. The molecule has 0 aliphatic carbocycles. The summed E-state index contributed by atoms with van der Waals surface area (Å²) in [7, 11) is -3.41. The summed E-state index contributed by atoms with van der Waals surface area (Å²) in [6.07, 6.45) is 1.72. The Hall–Kier alpha value is -1.31. The molecule has 7 heteroatoms. The number of rotatable bonds is 5. The Morgan fingerprint density at radius 3 is 2.89 bits per heavy atom. The van der Waals surface area contributed by atoms with E-state index in [9.17, 15) is 8.42 Å². The average Bonchev–Trinajstić information content (AvgIpc) is 2.40. The van der Waals surface area contributed by atoms with Crippen LogP contribution in [0.25, 0.3) is 0 Å². The summed E-state index contributed by atoms with van der Waals surface area (Å²) in [4.78, 5) is 5.13. The van der Waals surface area contributed by atoms with Gasteiger partial charge < -0.3 is 10.5 Å². The van der Waals surface area contributed by atoms with Crippen LogP contribution in [0.5, 0.6) is 5.75 Å². The molecule has 0 bridgehead atoms. The number of anilines is 1. The first-order chi connectivity index (χ1) is 9.08. The second-order valence-electron chi connectivity index (χ2n) is 4.30. The lowest BCUT2D eigenvalue weighted by molar-refractivity contribution is -0.108. The van der Waals surface area contributed by atoms with E-state index in [2.05, 4.69) is 0 Å². The highest BCUT2D eigenvalue weighted by molar-refractivity contribution is 7.88. The Morgan fingerprint density at radius 2 is 2.21 bits per heavy atom. The maximum absolute atomic E-state index is 11.9. The third-order valence-electron chi connectivity index (χ3n) is 2.75. The third-order valence-corrected chi connectivity index (χ3v) is 4.34. The summed E-state index contributed by atoms with van der Waals surface area (Å²) in [5.74, 6) is 0.455. The van der Waals surface area contributed by atoms with Crippen molar-refractivity contribution in [1.82, 2.24) is 4.47 Å². The minimum absolute atomic E-state index is 0.0750. The van der Waals surface area contributed by atoms with Crippen molar-refractivity contribution in [2.24, 2.45) is 0 Å². The number of hydrogen-bond donors (Lipinski definition) is 1. The Morgan fingerprint density at radius 1 is 1.37 bits per heavy atom. The highest BCUT2D eigenvalue weighted by atomic mass is 32.2. The van der Waals surface area contributed by atoms with Gasteiger partial charge in [0, 0.05) is 18.3 Å². The summed E-state index contributed by atoms with van der Waals surface area (Å²) in [5.41, 5.74) is 6.19. The van der Waals surface area contributed by atoms with Crippen LogP contribution >= 0.6 is 0 Å². The standard InChI is InChI=1S/C12H18N2O4S/c13-11-4-3-5-12(10-11)17-8-9-19(15,16)14-6-1-2-7-18-14/h3-5,10H,1-2,6-9,13H2. The molecule has 1 saturated heterocycles. The van der Waals surface area contributed by atoms with Gasteiger partial charge >= 0.3 is 0 Å². The molecule has 1 aliphatic rings. The fourth-order valence-corrected chi connectivity index (χ4v) is 2.90. The molecular formula is C12H18N2O4S. The third kappa shape index (κ3) is 4.09. The normalized spacial score (nSPS) is 17.3. The first kappa shape index (κ1) is 14.1. The van der Waals surface area contributed by atoms with Crippen molar-refractivity contribution in [1.29, 1.82) is 0 Å². The number of ether oxygens (including phenoxy) is 1. The van der Waals surface area contributed by atoms with Crippen molar-refractivity contribution in [2.75, 3.05) is 31.2 Å².